The third-order valence-corrected chi connectivity index (χ3v) is 5.53. The summed E-state index contributed by atoms with van der Waals surface area (Å²) in [4.78, 5) is 4.98. The van der Waals surface area contributed by atoms with Gasteiger partial charge in [0.2, 0.25) is 0 Å². The monoisotopic (exact) mass is 443 g/mol. The fourth-order valence-electron chi connectivity index (χ4n) is 3.63. The minimum absolute atomic E-state index is 0.651. The number of hydrogen-bond donors (Lipinski definition) is 1. The smallest absolute Gasteiger partial charge is 0.184 e. The van der Waals surface area contributed by atoms with E-state index in [9.17, 15) is 0 Å². The number of para-hydroxylation sites is 2. The molecule has 4 aromatic carbocycles. The van der Waals surface area contributed by atoms with Crippen molar-refractivity contribution in [3.63, 3.8) is 0 Å². The molecular weight excluding hydrogens is 418 g/mol. The zero-order valence-electron chi connectivity index (χ0n) is 19.2. The van der Waals surface area contributed by atoms with E-state index in [2.05, 4.69) is 67.8 Å². The highest BCUT2D eigenvalue weighted by Crippen LogP contribution is 2.22. The van der Waals surface area contributed by atoms with Gasteiger partial charge in [0.1, 0.15) is 5.71 Å². The predicted molar refractivity (Wildman–Crippen MR) is 138 cm³/mol. The zero-order valence-corrected chi connectivity index (χ0v) is 19.2. The fourth-order valence-corrected chi connectivity index (χ4v) is 3.63. The number of nitrogens with zero attached hydrogens (tertiary/aromatic N) is 4. The first kappa shape index (κ1) is 21.3. The summed E-state index contributed by atoms with van der Waals surface area (Å²) < 4.78 is 1.86. The van der Waals surface area contributed by atoms with E-state index < -0.39 is 0 Å². The van der Waals surface area contributed by atoms with E-state index in [1.807, 2.05) is 65.3 Å². The van der Waals surface area contributed by atoms with E-state index >= 15 is 0 Å². The van der Waals surface area contributed by atoms with Crippen molar-refractivity contribution in [2.45, 2.75) is 13.8 Å². The number of hydrogen-bond acceptors (Lipinski definition) is 4. The Morgan fingerprint density at radius 2 is 1.29 bits per heavy atom. The van der Waals surface area contributed by atoms with Crippen molar-refractivity contribution in [2.75, 3.05) is 5.43 Å². The van der Waals surface area contributed by atoms with Crippen LogP contribution >= 0.6 is 0 Å². The standard InChI is InChI=1S/C29H25N5/c1-21-13-17-23(18-14-21)27(32-31-25-9-5-3-6-10-25)29-30-28(24-19-15-22(2)16-20-24)33-34(29)26-11-7-4-8-12-26/h3-20,31H,1-2H3/b32-27+. The number of rotatable bonds is 6. The van der Waals surface area contributed by atoms with E-state index in [0.717, 1.165) is 22.5 Å². The van der Waals surface area contributed by atoms with Gasteiger partial charge in [0, 0.05) is 11.1 Å². The summed E-state index contributed by atoms with van der Waals surface area (Å²) in [6.45, 7) is 4.15. The van der Waals surface area contributed by atoms with Crippen LogP contribution in [0, 0.1) is 13.8 Å². The van der Waals surface area contributed by atoms with Gasteiger partial charge in [0.05, 0.1) is 11.4 Å². The SMILES string of the molecule is Cc1ccc(/C(=N\Nc2ccccc2)c2nc(-c3ccc(C)cc3)nn2-c2ccccc2)cc1. The summed E-state index contributed by atoms with van der Waals surface area (Å²) in [6.07, 6.45) is 0. The Balaban J connectivity index is 1.68. The Kier molecular flexibility index (Phi) is 5.99. The summed E-state index contributed by atoms with van der Waals surface area (Å²) in [5, 5.41) is 9.71. The number of nitrogens with one attached hydrogen (secondary N) is 1. The van der Waals surface area contributed by atoms with E-state index in [1.54, 1.807) is 0 Å². The number of benzene rings is 4. The maximum absolute atomic E-state index is 4.98. The molecule has 0 saturated heterocycles. The molecule has 0 aliphatic heterocycles. The minimum atomic E-state index is 0.651. The largest absolute Gasteiger partial charge is 0.278 e. The highest BCUT2D eigenvalue weighted by atomic mass is 15.4. The van der Waals surface area contributed by atoms with Gasteiger partial charge in [-0.3, -0.25) is 5.43 Å². The lowest BCUT2D eigenvalue weighted by Gasteiger charge is -2.10. The van der Waals surface area contributed by atoms with Gasteiger partial charge >= 0.3 is 0 Å². The van der Waals surface area contributed by atoms with Crippen LogP contribution in [-0.4, -0.2) is 20.5 Å². The average molecular weight is 444 g/mol. The normalized spacial score (nSPS) is 11.4. The first-order chi connectivity index (χ1) is 16.7. The second-order valence-corrected chi connectivity index (χ2v) is 8.18. The fraction of sp³-hybridized carbons (Fsp3) is 0.0690. The van der Waals surface area contributed by atoms with Crippen LogP contribution < -0.4 is 5.43 Å². The van der Waals surface area contributed by atoms with Crippen molar-refractivity contribution in [2.24, 2.45) is 5.10 Å². The quantitative estimate of drug-likeness (QED) is 0.243. The van der Waals surface area contributed by atoms with Gasteiger partial charge in [-0.1, -0.05) is 96.1 Å². The molecule has 0 radical (unpaired) electrons. The molecule has 1 aromatic heterocycles. The molecule has 0 atom stereocenters. The second kappa shape index (κ2) is 9.55. The second-order valence-electron chi connectivity index (χ2n) is 8.18. The summed E-state index contributed by atoms with van der Waals surface area (Å²) in [7, 11) is 0. The molecule has 1 heterocycles. The Hall–Kier alpha value is -4.51. The topological polar surface area (TPSA) is 55.1 Å². The number of aromatic nitrogens is 3. The van der Waals surface area contributed by atoms with Crippen LogP contribution in [0.15, 0.2) is 114 Å². The molecule has 5 nitrogen and oxygen atoms in total. The number of anilines is 1. The van der Waals surface area contributed by atoms with Gasteiger partial charge in [0.15, 0.2) is 11.6 Å². The molecule has 0 amide bonds. The Morgan fingerprint density at radius 1 is 0.706 bits per heavy atom. The molecule has 0 saturated carbocycles. The molecule has 0 bridgehead atoms. The van der Waals surface area contributed by atoms with Gasteiger partial charge in [-0.25, -0.2) is 9.67 Å². The highest BCUT2D eigenvalue weighted by Gasteiger charge is 2.20. The molecule has 5 aromatic rings. The maximum Gasteiger partial charge on any atom is 0.184 e. The van der Waals surface area contributed by atoms with Gasteiger partial charge in [0.25, 0.3) is 0 Å². The molecule has 34 heavy (non-hydrogen) atoms. The maximum atomic E-state index is 4.98. The minimum Gasteiger partial charge on any atom is -0.278 e. The van der Waals surface area contributed by atoms with Gasteiger partial charge in [-0.05, 0) is 38.1 Å². The van der Waals surface area contributed by atoms with Crippen molar-refractivity contribution in [3.05, 3.63) is 132 Å². The molecule has 0 spiro atoms. The first-order valence-electron chi connectivity index (χ1n) is 11.2. The van der Waals surface area contributed by atoms with E-state index in [-0.39, 0.29) is 0 Å². The van der Waals surface area contributed by atoms with Crippen molar-refractivity contribution < 1.29 is 0 Å². The highest BCUT2D eigenvalue weighted by molar-refractivity contribution is 6.11. The third kappa shape index (κ3) is 4.64. The summed E-state index contributed by atoms with van der Waals surface area (Å²) >= 11 is 0. The Labute approximate surface area is 199 Å². The van der Waals surface area contributed by atoms with E-state index in [0.29, 0.717) is 17.4 Å². The van der Waals surface area contributed by atoms with Crippen LogP contribution in [0.1, 0.15) is 22.5 Å². The van der Waals surface area contributed by atoms with Crippen molar-refractivity contribution in [1.29, 1.82) is 0 Å². The summed E-state index contributed by atoms with van der Waals surface area (Å²) in [6, 6.07) is 36.5. The van der Waals surface area contributed by atoms with Gasteiger partial charge in [-0.15, -0.1) is 5.10 Å². The molecule has 5 heteroatoms. The predicted octanol–water partition coefficient (Wildman–Crippen LogP) is 6.42. The molecule has 0 unspecified atom stereocenters. The molecule has 0 aliphatic rings. The number of hydrazone groups is 1. The lowest BCUT2D eigenvalue weighted by Crippen LogP contribution is -2.14. The van der Waals surface area contributed by atoms with Crippen LogP contribution in [0.2, 0.25) is 0 Å². The molecule has 5 rings (SSSR count). The van der Waals surface area contributed by atoms with Crippen molar-refractivity contribution in [1.82, 2.24) is 14.8 Å². The lowest BCUT2D eigenvalue weighted by atomic mass is 10.1. The molecule has 1 N–H and O–H groups in total. The lowest BCUT2D eigenvalue weighted by molar-refractivity contribution is 0.870. The van der Waals surface area contributed by atoms with E-state index in [4.69, 9.17) is 15.2 Å². The average Bonchev–Trinajstić information content (AvgIpc) is 3.32. The zero-order chi connectivity index (χ0) is 23.3. The Morgan fingerprint density at radius 3 is 1.94 bits per heavy atom. The first-order valence-corrected chi connectivity index (χ1v) is 11.2. The Bertz CT molecular complexity index is 1400. The summed E-state index contributed by atoms with van der Waals surface area (Å²) in [5.74, 6) is 1.31. The third-order valence-electron chi connectivity index (χ3n) is 5.53. The molecule has 166 valence electrons. The van der Waals surface area contributed by atoms with Crippen LogP contribution in [0.3, 0.4) is 0 Å². The molecule has 0 fully saturated rings. The van der Waals surface area contributed by atoms with Gasteiger partial charge in [-0.2, -0.15) is 5.10 Å². The summed E-state index contributed by atoms with van der Waals surface area (Å²) in [5.41, 5.74) is 10.0. The molecular formula is C29H25N5. The van der Waals surface area contributed by atoms with E-state index in [1.165, 1.54) is 11.1 Å². The van der Waals surface area contributed by atoms with Crippen LogP contribution in [0.5, 0.6) is 0 Å². The van der Waals surface area contributed by atoms with Gasteiger partial charge < -0.3 is 0 Å². The molecule has 0 aliphatic carbocycles. The van der Waals surface area contributed by atoms with Crippen LogP contribution in [0.4, 0.5) is 5.69 Å². The van der Waals surface area contributed by atoms with Crippen LogP contribution in [-0.2, 0) is 0 Å². The van der Waals surface area contributed by atoms with Crippen molar-refractivity contribution >= 4 is 11.4 Å². The number of aryl methyl sites for hydroxylation is 2. The van der Waals surface area contributed by atoms with Crippen molar-refractivity contribution in [3.8, 4) is 17.1 Å². The van der Waals surface area contributed by atoms with Crippen LogP contribution in [0.25, 0.3) is 17.1 Å².